The first-order valence-corrected chi connectivity index (χ1v) is 7.90. The number of aliphatic hydroxyl groups excluding tert-OH is 3. The molecular weight excluding hydrogens is 394 g/mol. The van der Waals surface area contributed by atoms with Gasteiger partial charge in [0.05, 0.1) is 12.3 Å². The van der Waals surface area contributed by atoms with Crippen LogP contribution in [-0.2, 0) is 10.3 Å². The van der Waals surface area contributed by atoms with Gasteiger partial charge in [-0.1, -0.05) is 29.8 Å². The van der Waals surface area contributed by atoms with Crippen LogP contribution in [0.5, 0.6) is 0 Å². The van der Waals surface area contributed by atoms with E-state index >= 15 is 0 Å². The lowest BCUT2D eigenvalue weighted by Crippen LogP contribution is -2.74. The largest absolute Gasteiger partial charge is 0.392 e. The summed E-state index contributed by atoms with van der Waals surface area (Å²) in [6.45, 7) is -0.942. The second kappa shape index (κ2) is 5.40. The Balaban J connectivity index is 2.22. The summed E-state index contributed by atoms with van der Waals surface area (Å²) < 4.78 is 2.38. The molecule has 6 N–H and O–H groups in total. The second-order valence-corrected chi connectivity index (χ2v) is 7.26. The van der Waals surface area contributed by atoms with Gasteiger partial charge in [0.1, 0.15) is 6.10 Å². The molecule has 9 heteroatoms. The topological polar surface area (TPSA) is 126 Å². The molecule has 126 valence electrons. The number of ether oxygens (including phenoxy) is 1. The number of H-pyrrole nitrogens is 1. The van der Waals surface area contributed by atoms with Crippen LogP contribution in [-0.4, -0.2) is 59.1 Å². The molecule has 0 bridgehead atoms. The Morgan fingerprint density at radius 2 is 1.91 bits per heavy atom. The molecule has 0 amide bonds. The molecule has 0 saturated carbocycles. The molecule has 1 aliphatic rings. The average molecular weight is 409 g/mol. The normalized spacial score (nSPS) is 41.3. The van der Waals surface area contributed by atoms with Gasteiger partial charge in [0, 0.05) is 5.52 Å². The van der Waals surface area contributed by atoms with Crippen LogP contribution in [0.3, 0.4) is 0 Å². The van der Waals surface area contributed by atoms with E-state index in [1.165, 1.54) is 6.07 Å². The third kappa shape index (κ3) is 2.18. The van der Waals surface area contributed by atoms with Crippen molar-refractivity contribution in [3.8, 4) is 0 Å². The molecule has 23 heavy (non-hydrogen) atoms. The summed E-state index contributed by atoms with van der Waals surface area (Å²) >= 11 is 8.89. The van der Waals surface area contributed by atoms with E-state index in [1.54, 1.807) is 24.3 Å². The molecular formula is C14H15BrClNO6. The number of aliphatic hydroxyl groups is 5. The van der Waals surface area contributed by atoms with E-state index in [0.29, 0.717) is 10.9 Å². The zero-order valence-corrected chi connectivity index (χ0v) is 14.0. The minimum absolute atomic E-state index is 0.00796. The number of alkyl halides is 2. The van der Waals surface area contributed by atoms with Gasteiger partial charge in [-0.2, -0.15) is 0 Å². The highest BCUT2D eigenvalue weighted by atomic mass is 79.9. The maximum atomic E-state index is 11.1. The predicted octanol–water partition coefficient (Wildman–Crippen LogP) is 0.0759. The molecule has 1 aromatic carbocycles. The average Bonchev–Trinajstić information content (AvgIpc) is 2.96. The Morgan fingerprint density at radius 3 is 2.52 bits per heavy atom. The van der Waals surface area contributed by atoms with Crippen molar-refractivity contribution in [2.75, 3.05) is 6.61 Å². The quantitative estimate of drug-likeness (QED) is 0.391. The fourth-order valence-corrected chi connectivity index (χ4v) is 3.68. The molecule has 0 spiro atoms. The number of halogens is 2. The van der Waals surface area contributed by atoms with Crippen molar-refractivity contribution in [2.45, 2.75) is 27.6 Å². The van der Waals surface area contributed by atoms with Crippen molar-refractivity contribution in [2.24, 2.45) is 0 Å². The van der Waals surface area contributed by atoms with E-state index in [0.717, 1.165) is 0 Å². The highest BCUT2D eigenvalue weighted by Crippen LogP contribution is 2.54. The van der Waals surface area contributed by atoms with Crippen LogP contribution in [0.4, 0.5) is 0 Å². The van der Waals surface area contributed by atoms with Crippen molar-refractivity contribution in [1.82, 2.24) is 4.98 Å². The number of benzene rings is 1. The standard InChI is InChI=1S/C14H15BrClNO6/c15-14(22)12(16,6-18)23-11(20)10(19)13(14,21)9-5-7-3-1-2-4-8(7)17-9/h1-5,10-11,17-22H,6H2/t10-,11+,12+,13+,14-/m0/s1. The molecule has 2 heterocycles. The van der Waals surface area contributed by atoms with Crippen LogP contribution in [0, 0.1) is 0 Å². The van der Waals surface area contributed by atoms with Gasteiger partial charge in [-0.05, 0) is 33.4 Å². The summed E-state index contributed by atoms with van der Waals surface area (Å²) in [5, 5.41) is 49.8. The number of hydrogen-bond donors (Lipinski definition) is 6. The molecule has 5 atom stereocenters. The van der Waals surface area contributed by atoms with E-state index in [2.05, 4.69) is 20.9 Å². The molecule has 7 nitrogen and oxygen atoms in total. The van der Waals surface area contributed by atoms with Crippen molar-refractivity contribution >= 4 is 38.4 Å². The van der Waals surface area contributed by atoms with Gasteiger partial charge in [-0.3, -0.25) is 0 Å². The lowest BCUT2D eigenvalue weighted by atomic mass is 9.81. The lowest BCUT2D eigenvalue weighted by molar-refractivity contribution is -0.349. The zero-order valence-electron chi connectivity index (χ0n) is 11.6. The molecule has 1 fully saturated rings. The van der Waals surface area contributed by atoms with E-state index < -0.39 is 34.2 Å². The molecule has 0 radical (unpaired) electrons. The Bertz CT molecular complexity index is 706. The maximum Gasteiger partial charge on any atom is 0.209 e. The molecule has 1 aliphatic heterocycles. The van der Waals surface area contributed by atoms with Crippen molar-refractivity contribution < 1.29 is 30.3 Å². The predicted molar refractivity (Wildman–Crippen MR) is 84.8 cm³/mol. The van der Waals surface area contributed by atoms with Crippen LogP contribution in [0.2, 0.25) is 0 Å². The maximum absolute atomic E-state index is 11.1. The molecule has 0 aliphatic carbocycles. The van der Waals surface area contributed by atoms with E-state index in [1.807, 2.05) is 0 Å². The van der Waals surface area contributed by atoms with E-state index in [9.17, 15) is 25.5 Å². The highest BCUT2D eigenvalue weighted by Gasteiger charge is 2.71. The van der Waals surface area contributed by atoms with Crippen molar-refractivity contribution in [3.63, 3.8) is 0 Å². The molecule has 3 rings (SSSR count). The number of nitrogens with one attached hydrogen (secondary N) is 1. The summed E-state index contributed by atoms with van der Waals surface area (Å²) in [6, 6.07) is 8.53. The van der Waals surface area contributed by atoms with Gasteiger partial charge >= 0.3 is 0 Å². The van der Waals surface area contributed by atoms with Gasteiger partial charge in [0.15, 0.2) is 11.9 Å². The molecule has 1 saturated heterocycles. The van der Waals surface area contributed by atoms with Crippen LogP contribution in [0.1, 0.15) is 5.69 Å². The number of para-hydroxylation sites is 1. The van der Waals surface area contributed by atoms with Gasteiger partial charge in [-0.25, -0.2) is 0 Å². The van der Waals surface area contributed by atoms with Gasteiger partial charge in [0.2, 0.25) is 9.57 Å². The molecule has 1 aromatic heterocycles. The molecule has 2 aromatic rings. The van der Waals surface area contributed by atoms with Gasteiger partial charge in [-0.15, -0.1) is 0 Å². The van der Waals surface area contributed by atoms with Crippen LogP contribution >= 0.6 is 27.5 Å². The highest BCUT2D eigenvalue weighted by molar-refractivity contribution is 9.10. The SMILES string of the molecule is OC[C@@]1(Cl)O[C@@H](O)[C@H](O)[C@](O)(c2cc3ccccc3[nH]2)[C@]1(O)Br. The summed E-state index contributed by atoms with van der Waals surface area (Å²) in [4.78, 5) is 2.87. The number of fused-ring (bicyclic) bond motifs is 1. The lowest BCUT2D eigenvalue weighted by Gasteiger charge is -2.54. The summed E-state index contributed by atoms with van der Waals surface area (Å²) in [7, 11) is 0. The summed E-state index contributed by atoms with van der Waals surface area (Å²) in [5.41, 5.74) is -1.86. The minimum atomic E-state index is -2.51. The first kappa shape index (κ1) is 17.1. The first-order chi connectivity index (χ1) is 10.7. The van der Waals surface area contributed by atoms with E-state index in [4.69, 9.17) is 16.3 Å². The third-order valence-electron chi connectivity index (χ3n) is 4.15. The Kier molecular flexibility index (Phi) is 4.02. The Labute approximate surface area is 144 Å². The molecule has 0 unspecified atom stereocenters. The Morgan fingerprint density at radius 1 is 1.26 bits per heavy atom. The summed E-state index contributed by atoms with van der Waals surface area (Å²) in [6.07, 6.45) is -3.88. The minimum Gasteiger partial charge on any atom is -0.392 e. The fourth-order valence-electron chi connectivity index (χ4n) is 2.78. The van der Waals surface area contributed by atoms with Crippen molar-refractivity contribution in [3.05, 3.63) is 36.0 Å². The number of hydrogen-bond acceptors (Lipinski definition) is 6. The third-order valence-corrected chi connectivity index (χ3v) is 6.10. The van der Waals surface area contributed by atoms with Crippen molar-refractivity contribution in [1.29, 1.82) is 0 Å². The first-order valence-electron chi connectivity index (χ1n) is 6.73. The Hall–Kier alpha value is -0.710. The van der Waals surface area contributed by atoms with Gasteiger partial charge in [0.25, 0.3) is 0 Å². The zero-order chi connectivity index (χ0) is 17.0. The number of aromatic amines is 1. The second-order valence-electron chi connectivity index (χ2n) is 5.50. The number of aromatic nitrogens is 1. The monoisotopic (exact) mass is 407 g/mol. The van der Waals surface area contributed by atoms with Crippen LogP contribution in [0.15, 0.2) is 30.3 Å². The smallest absolute Gasteiger partial charge is 0.209 e. The van der Waals surface area contributed by atoms with Crippen LogP contribution < -0.4 is 0 Å². The number of rotatable bonds is 2. The van der Waals surface area contributed by atoms with E-state index in [-0.39, 0.29) is 5.69 Å². The summed E-state index contributed by atoms with van der Waals surface area (Å²) in [5.74, 6) is 0. The fraction of sp³-hybridized carbons (Fsp3) is 0.429. The van der Waals surface area contributed by atoms with Gasteiger partial charge < -0.3 is 35.3 Å². The van der Waals surface area contributed by atoms with Crippen LogP contribution in [0.25, 0.3) is 10.9 Å².